The van der Waals surface area contributed by atoms with Crippen molar-refractivity contribution in [3.8, 4) is 5.75 Å². The Morgan fingerprint density at radius 3 is 2.82 bits per heavy atom. The number of hydrogen-bond donors (Lipinski definition) is 2. The lowest BCUT2D eigenvalue weighted by Crippen LogP contribution is -2.30. The number of aliphatic hydroxyl groups excluding tert-OH is 1. The van der Waals surface area contributed by atoms with Crippen molar-refractivity contribution in [3.63, 3.8) is 0 Å². The van der Waals surface area contributed by atoms with Gasteiger partial charge in [-0.2, -0.15) is 0 Å². The van der Waals surface area contributed by atoms with Crippen molar-refractivity contribution in [2.45, 2.75) is 6.92 Å². The molecule has 0 aliphatic carbocycles. The lowest BCUT2D eigenvalue weighted by atomic mass is 10.1. The third kappa shape index (κ3) is 3.71. The van der Waals surface area contributed by atoms with Gasteiger partial charge in [0.2, 0.25) is 0 Å². The highest BCUT2D eigenvalue weighted by molar-refractivity contribution is 5.94. The van der Waals surface area contributed by atoms with E-state index < -0.39 is 11.7 Å². The summed E-state index contributed by atoms with van der Waals surface area (Å²) < 4.78 is 18.3. The number of halogens is 1. The number of rotatable bonds is 5. The van der Waals surface area contributed by atoms with Crippen molar-refractivity contribution in [3.05, 3.63) is 29.6 Å². The molecular weight excluding hydrogens is 225 g/mol. The molecule has 0 saturated carbocycles. The highest BCUT2D eigenvalue weighted by Gasteiger charge is 2.13. The molecule has 0 bridgehead atoms. The minimum atomic E-state index is -0.626. The number of ether oxygens (including phenoxy) is 1. The minimum absolute atomic E-state index is 0.0224. The fourth-order valence-electron chi connectivity index (χ4n) is 1.23. The molecule has 1 atom stereocenters. The number of carbonyl (C=O) groups is 1. The molecule has 0 spiro atoms. The molecule has 5 heteroatoms. The number of amides is 1. The summed E-state index contributed by atoms with van der Waals surface area (Å²) in [4.78, 5) is 11.6. The summed E-state index contributed by atoms with van der Waals surface area (Å²) in [6, 6.07) is 4.05. The van der Waals surface area contributed by atoms with Gasteiger partial charge in [0.15, 0.2) is 0 Å². The number of hydrogen-bond acceptors (Lipinski definition) is 3. The second-order valence-electron chi connectivity index (χ2n) is 3.84. The molecule has 4 nitrogen and oxygen atoms in total. The van der Waals surface area contributed by atoms with Crippen molar-refractivity contribution in [2.75, 3.05) is 20.3 Å². The van der Waals surface area contributed by atoms with Gasteiger partial charge in [-0.1, -0.05) is 6.92 Å². The van der Waals surface area contributed by atoms with Crippen LogP contribution in [0.4, 0.5) is 4.39 Å². The molecule has 1 rings (SSSR count). The summed E-state index contributed by atoms with van der Waals surface area (Å²) in [7, 11) is 1.43. The van der Waals surface area contributed by atoms with Crippen LogP contribution in [0.3, 0.4) is 0 Å². The van der Waals surface area contributed by atoms with E-state index in [0.29, 0.717) is 12.3 Å². The second kappa shape index (κ2) is 6.20. The lowest BCUT2D eigenvalue weighted by molar-refractivity contribution is 0.0938. The maximum atomic E-state index is 13.5. The first-order valence-electron chi connectivity index (χ1n) is 5.31. The largest absolute Gasteiger partial charge is 0.497 e. The fraction of sp³-hybridized carbons (Fsp3) is 0.417. The summed E-state index contributed by atoms with van der Waals surface area (Å²) in [6.45, 7) is 2.07. The number of carbonyl (C=O) groups excluding carboxylic acids is 1. The predicted octanol–water partition coefficient (Wildman–Crippen LogP) is 1.19. The molecule has 0 aromatic heterocycles. The van der Waals surface area contributed by atoms with Crippen LogP contribution in [0.2, 0.25) is 0 Å². The Labute approximate surface area is 99.4 Å². The molecule has 0 aliphatic rings. The van der Waals surface area contributed by atoms with Crippen LogP contribution in [0.25, 0.3) is 0 Å². The SMILES string of the molecule is COc1ccc(C(=O)NC[C@H](C)CO)c(F)c1. The fourth-order valence-corrected chi connectivity index (χ4v) is 1.23. The average Bonchev–Trinajstić information content (AvgIpc) is 2.35. The van der Waals surface area contributed by atoms with Gasteiger partial charge in [-0.25, -0.2) is 4.39 Å². The molecule has 17 heavy (non-hydrogen) atoms. The van der Waals surface area contributed by atoms with Gasteiger partial charge in [-0.15, -0.1) is 0 Å². The quantitative estimate of drug-likeness (QED) is 0.814. The van der Waals surface area contributed by atoms with Crippen LogP contribution in [0, 0.1) is 11.7 Å². The predicted molar refractivity (Wildman–Crippen MR) is 61.5 cm³/mol. The first-order valence-corrected chi connectivity index (χ1v) is 5.31. The Hall–Kier alpha value is -1.62. The van der Waals surface area contributed by atoms with Crippen molar-refractivity contribution >= 4 is 5.91 Å². The molecule has 0 radical (unpaired) electrons. The van der Waals surface area contributed by atoms with Gasteiger partial charge in [-0.05, 0) is 18.1 Å². The smallest absolute Gasteiger partial charge is 0.254 e. The van der Waals surface area contributed by atoms with E-state index in [9.17, 15) is 9.18 Å². The minimum Gasteiger partial charge on any atom is -0.497 e. The third-order valence-electron chi connectivity index (χ3n) is 2.34. The summed E-state index contributed by atoms with van der Waals surface area (Å²) in [5.41, 5.74) is -0.0315. The van der Waals surface area contributed by atoms with Crippen LogP contribution in [-0.4, -0.2) is 31.3 Å². The molecule has 1 amide bonds. The molecule has 1 aromatic carbocycles. The first kappa shape index (κ1) is 13.4. The molecule has 0 saturated heterocycles. The van der Waals surface area contributed by atoms with Crippen LogP contribution in [0.15, 0.2) is 18.2 Å². The van der Waals surface area contributed by atoms with Crippen LogP contribution in [0.5, 0.6) is 5.75 Å². The summed E-state index contributed by atoms with van der Waals surface area (Å²) >= 11 is 0. The zero-order valence-electron chi connectivity index (χ0n) is 9.87. The van der Waals surface area contributed by atoms with Gasteiger partial charge in [-0.3, -0.25) is 4.79 Å². The Kier molecular flexibility index (Phi) is 4.90. The molecule has 0 heterocycles. The van der Waals surface area contributed by atoms with Gasteiger partial charge in [0, 0.05) is 19.2 Å². The Morgan fingerprint density at radius 1 is 1.59 bits per heavy atom. The van der Waals surface area contributed by atoms with Crippen molar-refractivity contribution in [1.82, 2.24) is 5.32 Å². The van der Waals surface area contributed by atoms with Crippen LogP contribution in [-0.2, 0) is 0 Å². The number of aliphatic hydroxyl groups is 1. The van der Waals surface area contributed by atoms with Gasteiger partial charge in [0.05, 0.1) is 12.7 Å². The third-order valence-corrected chi connectivity index (χ3v) is 2.34. The highest BCUT2D eigenvalue weighted by Crippen LogP contribution is 2.16. The van der Waals surface area contributed by atoms with Gasteiger partial charge < -0.3 is 15.2 Å². The zero-order valence-corrected chi connectivity index (χ0v) is 9.87. The first-order chi connectivity index (χ1) is 8.08. The topological polar surface area (TPSA) is 58.6 Å². The van der Waals surface area contributed by atoms with Crippen molar-refractivity contribution in [1.29, 1.82) is 0 Å². The van der Waals surface area contributed by atoms with Gasteiger partial charge in [0.25, 0.3) is 5.91 Å². The van der Waals surface area contributed by atoms with Gasteiger partial charge in [0.1, 0.15) is 11.6 Å². The maximum Gasteiger partial charge on any atom is 0.254 e. The summed E-state index contributed by atoms with van der Waals surface area (Å²) in [6.07, 6.45) is 0. The van der Waals surface area contributed by atoms with Crippen LogP contribution >= 0.6 is 0 Å². The number of benzene rings is 1. The summed E-state index contributed by atoms with van der Waals surface area (Å²) in [5.74, 6) is -0.813. The molecule has 0 fully saturated rings. The zero-order chi connectivity index (χ0) is 12.8. The Bertz CT molecular complexity index is 395. The molecule has 2 N–H and O–H groups in total. The second-order valence-corrected chi connectivity index (χ2v) is 3.84. The van der Waals surface area contributed by atoms with Crippen molar-refractivity contribution in [2.24, 2.45) is 5.92 Å². The summed E-state index contributed by atoms with van der Waals surface area (Å²) in [5, 5.41) is 11.3. The van der Waals surface area contributed by atoms with Crippen LogP contribution in [0.1, 0.15) is 17.3 Å². The van der Waals surface area contributed by atoms with Gasteiger partial charge >= 0.3 is 0 Å². The molecule has 0 unspecified atom stereocenters. The van der Waals surface area contributed by atoms with E-state index in [2.05, 4.69) is 5.32 Å². The monoisotopic (exact) mass is 241 g/mol. The van der Waals surface area contributed by atoms with E-state index in [4.69, 9.17) is 9.84 Å². The molecular formula is C12H16FNO3. The van der Waals surface area contributed by atoms with Crippen LogP contribution < -0.4 is 10.1 Å². The Morgan fingerprint density at radius 2 is 2.29 bits per heavy atom. The Balaban J connectivity index is 2.69. The molecule has 1 aromatic rings. The average molecular weight is 241 g/mol. The normalized spacial score (nSPS) is 12.0. The van der Waals surface area contributed by atoms with E-state index in [1.807, 2.05) is 0 Å². The van der Waals surface area contributed by atoms with Crippen molar-refractivity contribution < 1.29 is 19.0 Å². The van der Waals surface area contributed by atoms with E-state index in [0.717, 1.165) is 6.07 Å². The lowest BCUT2D eigenvalue weighted by Gasteiger charge is -2.10. The number of nitrogens with one attached hydrogen (secondary N) is 1. The van der Waals surface area contributed by atoms with E-state index in [1.165, 1.54) is 19.2 Å². The molecule has 0 aliphatic heterocycles. The van der Waals surface area contributed by atoms with E-state index >= 15 is 0 Å². The van der Waals surface area contributed by atoms with E-state index in [1.54, 1.807) is 6.92 Å². The maximum absolute atomic E-state index is 13.5. The standard InChI is InChI=1S/C12H16FNO3/c1-8(7-15)6-14-12(16)10-4-3-9(17-2)5-11(10)13/h3-5,8,15H,6-7H2,1-2H3,(H,14,16)/t8-/m0/s1. The molecule has 94 valence electrons. The highest BCUT2D eigenvalue weighted by atomic mass is 19.1. The van der Waals surface area contributed by atoms with E-state index in [-0.39, 0.29) is 18.1 Å². The number of methoxy groups -OCH3 is 1.